The molecule has 0 saturated heterocycles. The van der Waals surface area contributed by atoms with Crippen LogP contribution in [0.2, 0.25) is 5.02 Å². The molecule has 13 heteroatoms. The zero-order valence-electron chi connectivity index (χ0n) is 21.1. The number of nitrogens with zero attached hydrogens (tertiary/aromatic N) is 6. The third-order valence-corrected chi connectivity index (χ3v) is 7.92. The molecular weight excluding hydrogens is 550 g/mol. The molecular formula is C26H23ClF2N6O3S. The van der Waals surface area contributed by atoms with Crippen LogP contribution in [0, 0.1) is 6.92 Å². The molecule has 3 aromatic carbocycles. The largest absolute Gasteiger partial charge is 0.497 e. The Hall–Kier alpha value is -3.90. The first-order chi connectivity index (χ1) is 18.5. The highest BCUT2D eigenvalue weighted by Gasteiger charge is 2.40. The van der Waals surface area contributed by atoms with Gasteiger partial charge in [0, 0.05) is 27.8 Å². The summed E-state index contributed by atoms with van der Waals surface area (Å²) in [7, 11) is -2.06. The van der Waals surface area contributed by atoms with Crippen LogP contribution in [0.15, 0.2) is 65.6 Å². The summed E-state index contributed by atoms with van der Waals surface area (Å²) >= 11 is 6.36. The Kier molecular flexibility index (Phi) is 6.85. The molecule has 0 aliphatic rings. The minimum absolute atomic E-state index is 0.0297. The molecule has 9 nitrogen and oxygen atoms in total. The lowest BCUT2D eigenvalue weighted by atomic mass is 10.0. The summed E-state index contributed by atoms with van der Waals surface area (Å²) in [5.74, 6) is -3.53. The highest BCUT2D eigenvalue weighted by Crippen LogP contribution is 2.37. The summed E-state index contributed by atoms with van der Waals surface area (Å²) in [6.45, 7) is 1.74. The number of halogens is 3. The normalized spacial score (nSPS) is 12.3. The maximum atomic E-state index is 15.9. The van der Waals surface area contributed by atoms with Gasteiger partial charge in [-0.25, -0.2) is 13.1 Å². The molecule has 0 atom stereocenters. The molecule has 5 rings (SSSR count). The predicted octanol–water partition coefficient (Wildman–Crippen LogP) is 4.63. The van der Waals surface area contributed by atoms with Gasteiger partial charge in [0.05, 0.1) is 36.3 Å². The van der Waals surface area contributed by atoms with Crippen molar-refractivity contribution in [2.75, 3.05) is 13.4 Å². The summed E-state index contributed by atoms with van der Waals surface area (Å²) < 4.78 is 64.1. The molecule has 0 spiro atoms. The zero-order valence-corrected chi connectivity index (χ0v) is 22.7. The van der Waals surface area contributed by atoms with Crippen molar-refractivity contribution in [1.82, 2.24) is 30.0 Å². The van der Waals surface area contributed by atoms with Crippen LogP contribution in [0.5, 0.6) is 5.75 Å². The summed E-state index contributed by atoms with van der Waals surface area (Å²) in [6.07, 6.45) is 1.09. The molecule has 202 valence electrons. The second-order valence-electron chi connectivity index (χ2n) is 9.05. The second-order valence-corrected chi connectivity index (χ2v) is 11.4. The van der Waals surface area contributed by atoms with Gasteiger partial charge in [0.25, 0.3) is 0 Å². The second kappa shape index (κ2) is 10.0. The van der Waals surface area contributed by atoms with E-state index in [0.717, 1.165) is 10.9 Å². The van der Waals surface area contributed by atoms with Crippen LogP contribution < -0.4 is 4.74 Å². The topological polar surface area (TPSA) is 105 Å². The fourth-order valence-corrected chi connectivity index (χ4v) is 5.65. The molecule has 2 aromatic heterocycles. The lowest BCUT2D eigenvalue weighted by Gasteiger charge is -2.17. The summed E-state index contributed by atoms with van der Waals surface area (Å²) in [5.41, 5.74) is 1.68. The zero-order chi connectivity index (χ0) is 27.9. The van der Waals surface area contributed by atoms with Gasteiger partial charge in [0.2, 0.25) is 5.82 Å². The number of sulfone groups is 1. The van der Waals surface area contributed by atoms with E-state index < -0.39 is 21.6 Å². The Labute approximate surface area is 227 Å². The average molecular weight is 573 g/mol. The van der Waals surface area contributed by atoms with E-state index in [4.69, 9.17) is 16.3 Å². The van der Waals surface area contributed by atoms with E-state index in [0.29, 0.717) is 33.5 Å². The van der Waals surface area contributed by atoms with E-state index in [1.165, 1.54) is 22.9 Å². The average Bonchev–Trinajstić information content (AvgIpc) is 3.49. The highest BCUT2D eigenvalue weighted by atomic mass is 35.5. The molecule has 0 aliphatic heterocycles. The highest BCUT2D eigenvalue weighted by molar-refractivity contribution is 7.90. The van der Waals surface area contributed by atoms with Crippen molar-refractivity contribution >= 4 is 32.3 Å². The fourth-order valence-electron chi connectivity index (χ4n) is 4.41. The monoisotopic (exact) mass is 572 g/mol. The quantitative estimate of drug-likeness (QED) is 0.267. The van der Waals surface area contributed by atoms with Gasteiger partial charge in [0.15, 0.2) is 9.84 Å². The number of methoxy groups -OCH3 is 1. The number of aryl methyl sites for hydroxylation is 1. The first kappa shape index (κ1) is 26.7. The number of benzene rings is 3. The molecule has 2 heterocycles. The van der Waals surface area contributed by atoms with Gasteiger partial charge < -0.3 is 4.74 Å². The Balaban J connectivity index is 1.54. The maximum Gasteiger partial charge on any atom is 0.333 e. The molecule has 0 fully saturated rings. The summed E-state index contributed by atoms with van der Waals surface area (Å²) in [6, 6.07) is 15.7. The van der Waals surface area contributed by atoms with Gasteiger partial charge in [0.1, 0.15) is 5.75 Å². The maximum absolute atomic E-state index is 15.9. The van der Waals surface area contributed by atoms with Crippen LogP contribution in [0.1, 0.15) is 28.2 Å². The van der Waals surface area contributed by atoms with Gasteiger partial charge in [-0.15, -0.1) is 5.10 Å². The number of hydrogen-bond acceptors (Lipinski definition) is 7. The third kappa shape index (κ3) is 5.09. The number of alkyl halides is 2. The summed E-state index contributed by atoms with van der Waals surface area (Å²) in [4.78, 5) is 0.0514. The SMILES string of the molecule is COc1ccc(Cn2nnnc2C(F)(F)c2ccc3c(C)nn(Cc4c(Cl)cccc4S(C)(=O)=O)c3c2)cc1. The van der Waals surface area contributed by atoms with Crippen molar-refractivity contribution in [3.8, 4) is 5.75 Å². The Bertz CT molecular complexity index is 1790. The minimum Gasteiger partial charge on any atom is -0.497 e. The van der Waals surface area contributed by atoms with Crippen molar-refractivity contribution < 1.29 is 21.9 Å². The van der Waals surface area contributed by atoms with Crippen LogP contribution in [0.3, 0.4) is 0 Å². The van der Waals surface area contributed by atoms with E-state index in [2.05, 4.69) is 20.6 Å². The van der Waals surface area contributed by atoms with E-state index in [1.807, 2.05) is 0 Å². The number of hydrogen-bond donors (Lipinski definition) is 0. The molecule has 0 N–H and O–H groups in total. The van der Waals surface area contributed by atoms with Gasteiger partial charge in [-0.3, -0.25) is 4.68 Å². The first-order valence-corrected chi connectivity index (χ1v) is 14.0. The van der Waals surface area contributed by atoms with Crippen molar-refractivity contribution in [3.05, 3.63) is 93.9 Å². The van der Waals surface area contributed by atoms with Gasteiger partial charge in [-0.2, -0.15) is 13.9 Å². The van der Waals surface area contributed by atoms with E-state index >= 15 is 8.78 Å². The van der Waals surface area contributed by atoms with Gasteiger partial charge in [-0.05, 0) is 53.2 Å². The standard InChI is InChI=1S/C26H23ClF2N6O3S/c1-16-20-12-9-18(13-23(20)34(31-16)15-21-22(27)5-4-6-24(21)39(3,36)37)26(28,29)25-30-32-33-35(25)14-17-7-10-19(38-2)11-8-17/h4-13H,14-15H2,1-3H3. The molecule has 39 heavy (non-hydrogen) atoms. The lowest BCUT2D eigenvalue weighted by molar-refractivity contribution is 0.0281. The Morgan fingerprint density at radius 3 is 2.46 bits per heavy atom. The Morgan fingerprint density at radius 2 is 1.77 bits per heavy atom. The molecule has 5 aromatic rings. The van der Waals surface area contributed by atoms with Crippen LogP contribution in [-0.4, -0.2) is 51.8 Å². The van der Waals surface area contributed by atoms with Crippen molar-refractivity contribution in [1.29, 1.82) is 0 Å². The van der Waals surface area contributed by atoms with Crippen molar-refractivity contribution in [2.45, 2.75) is 30.8 Å². The predicted molar refractivity (Wildman–Crippen MR) is 141 cm³/mol. The molecule has 0 radical (unpaired) electrons. The molecule has 0 bridgehead atoms. The van der Waals surface area contributed by atoms with Gasteiger partial charge in [-0.1, -0.05) is 41.9 Å². The first-order valence-electron chi connectivity index (χ1n) is 11.7. The third-order valence-electron chi connectivity index (χ3n) is 6.39. The smallest absolute Gasteiger partial charge is 0.333 e. The molecule has 0 amide bonds. The number of tetrazole rings is 1. The van der Waals surface area contributed by atoms with E-state index in [1.54, 1.807) is 56.5 Å². The molecule has 0 aliphatic carbocycles. The van der Waals surface area contributed by atoms with E-state index in [9.17, 15) is 8.42 Å². The van der Waals surface area contributed by atoms with E-state index in [-0.39, 0.29) is 28.6 Å². The Morgan fingerprint density at radius 1 is 1.03 bits per heavy atom. The number of fused-ring (bicyclic) bond motifs is 1. The number of ether oxygens (including phenoxy) is 1. The fraction of sp³-hybridized carbons (Fsp3) is 0.231. The van der Waals surface area contributed by atoms with Gasteiger partial charge >= 0.3 is 5.92 Å². The van der Waals surface area contributed by atoms with Crippen LogP contribution >= 0.6 is 11.6 Å². The van der Waals surface area contributed by atoms with Crippen molar-refractivity contribution in [2.24, 2.45) is 0 Å². The minimum atomic E-state index is -3.60. The lowest BCUT2D eigenvalue weighted by Crippen LogP contribution is -2.23. The van der Waals surface area contributed by atoms with Crippen LogP contribution in [0.4, 0.5) is 8.78 Å². The summed E-state index contributed by atoms with van der Waals surface area (Å²) in [5, 5.41) is 16.3. The molecule has 0 unspecified atom stereocenters. The number of aromatic nitrogens is 6. The van der Waals surface area contributed by atoms with Crippen molar-refractivity contribution in [3.63, 3.8) is 0 Å². The van der Waals surface area contributed by atoms with Crippen LogP contribution in [0.25, 0.3) is 10.9 Å². The molecule has 0 saturated carbocycles. The number of rotatable bonds is 8. The van der Waals surface area contributed by atoms with Crippen LogP contribution in [-0.2, 0) is 28.8 Å².